The van der Waals surface area contributed by atoms with Crippen LogP contribution in [0.25, 0.3) is 11.1 Å². The van der Waals surface area contributed by atoms with Gasteiger partial charge >= 0.3 is 17.7 Å². The number of carbonyl (C=O) groups excluding carboxylic acids is 1. The van der Waals surface area contributed by atoms with Gasteiger partial charge in [-0.05, 0) is 12.1 Å². The first-order chi connectivity index (χ1) is 11.8. The van der Waals surface area contributed by atoms with Gasteiger partial charge in [-0.2, -0.15) is 18.3 Å². The van der Waals surface area contributed by atoms with Crippen molar-refractivity contribution in [3.8, 4) is 16.9 Å². The van der Waals surface area contributed by atoms with Crippen LogP contribution in [0.1, 0.15) is 12.5 Å². The van der Waals surface area contributed by atoms with Crippen LogP contribution in [0.15, 0.2) is 34.1 Å². The molecule has 0 spiro atoms. The molecule has 0 fully saturated rings. The fourth-order valence-electron chi connectivity index (χ4n) is 2.18. The van der Waals surface area contributed by atoms with Crippen LogP contribution in [0.5, 0.6) is 5.75 Å². The lowest BCUT2D eigenvalue weighted by Gasteiger charge is -2.15. The van der Waals surface area contributed by atoms with Gasteiger partial charge < -0.3 is 4.74 Å². The molecule has 0 N–H and O–H groups in total. The number of halogens is 3. The molecule has 7 nitrogen and oxygen atoms in total. The quantitative estimate of drug-likeness (QED) is 0.742. The van der Waals surface area contributed by atoms with Gasteiger partial charge in [-0.25, -0.2) is 13.1 Å². The standard InChI is InChI=1S/C15H13F3N2O5S/c1-8(21)25-13-11(7-19-20(2)14(13)22)10-5-4-9(15(16,17)18)6-12(10)26(3,23)24/h4-7H,1-3H3. The van der Waals surface area contributed by atoms with E-state index >= 15 is 0 Å². The maximum atomic E-state index is 12.9. The molecule has 0 bridgehead atoms. The van der Waals surface area contributed by atoms with Crippen LogP contribution in [-0.4, -0.2) is 30.4 Å². The first-order valence-electron chi connectivity index (χ1n) is 6.98. The second kappa shape index (κ2) is 6.56. The van der Waals surface area contributed by atoms with Crippen molar-refractivity contribution in [2.24, 2.45) is 7.05 Å². The Morgan fingerprint density at radius 1 is 1.23 bits per heavy atom. The Bertz CT molecular complexity index is 1040. The molecule has 26 heavy (non-hydrogen) atoms. The summed E-state index contributed by atoms with van der Waals surface area (Å²) < 4.78 is 68.5. The number of benzene rings is 1. The zero-order valence-electron chi connectivity index (χ0n) is 13.8. The monoisotopic (exact) mass is 390 g/mol. The fraction of sp³-hybridized carbons (Fsp3) is 0.267. The lowest BCUT2D eigenvalue weighted by atomic mass is 10.0. The number of aromatic nitrogens is 2. The van der Waals surface area contributed by atoms with Crippen molar-refractivity contribution < 1.29 is 31.1 Å². The molecule has 1 aromatic heterocycles. The number of hydrogen-bond donors (Lipinski definition) is 0. The van der Waals surface area contributed by atoms with Crippen LogP contribution in [0, 0.1) is 0 Å². The van der Waals surface area contributed by atoms with Crippen molar-refractivity contribution in [3.05, 3.63) is 40.3 Å². The van der Waals surface area contributed by atoms with Gasteiger partial charge in [0.05, 0.1) is 22.2 Å². The molecule has 1 aromatic carbocycles. The van der Waals surface area contributed by atoms with Crippen molar-refractivity contribution in [2.75, 3.05) is 6.26 Å². The Morgan fingerprint density at radius 3 is 2.35 bits per heavy atom. The first kappa shape index (κ1) is 19.6. The zero-order chi connectivity index (χ0) is 19.9. The largest absolute Gasteiger partial charge is 0.420 e. The lowest BCUT2D eigenvalue weighted by Crippen LogP contribution is -2.23. The minimum Gasteiger partial charge on any atom is -0.420 e. The summed E-state index contributed by atoms with van der Waals surface area (Å²) in [4.78, 5) is 22.8. The van der Waals surface area contributed by atoms with Crippen molar-refractivity contribution in [1.82, 2.24) is 9.78 Å². The highest BCUT2D eigenvalue weighted by Crippen LogP contribution is 2.37. The number of alkyl halides is 3. The zero-order valence-corrected chi connectivity index (χ0v) is 14.6. The molecule has 140 valence electrons. The molecule has 0 atom stereocenters. The van der Waals surface area contributed by atoms with Gasteiger partial charge in [0.1, 0.15) is 0 Å². The van der Waals surface area contributed by atoms with E-state index in [1.165, 1.54) is 7.05 Å². The van der Waals surface area contributed by atoms with Crippen molar-refractivity contribution in [3.63, 3.8) is 0 Å². The Labute approximate surface area is 145 Å². The summed E-state index contributed by atoms with van der Waals surface area (Å²) in [5.74, 6) is -1.39. The smallest absolute Gasteiger partial charge is 0.416 e. The van der Waals surface area contributed by atoms with E-state index in [1.807, 2.05) is 0 Å². The molecule has 0 aliphatic rings. The van der Waals surface area contributed by atoms with Gasteiger partial charge in [0.15, 0.2) is 9.84 Å². The van der Waals surface area contributed by atoms with Crippen LogP contribution < -0.4 is 10.3 Å². The Balaban J connectivity index is 2.87. The van der Waals surface area contributed by atoms with Crippen molar-refractivity contribution >= 4 is 15.8 Å². The topological polar surface area (TPSA) is 95.3 Å². The van der Waals surface area contributed by atoms with E-state index in [1.54, 1.807) is 0 Å². The first-order valence-corrected chi connectivity index (χ1v) is 8.88. The molecule has 1 heterocycles. The molecule has 0 saturated heterocycles. The van der Waals surface area contributed by atoms with E-state index in [-0.39, 0.29) is 11.1 Å². The van der Waals surface area contributed by atoms with Gasteiger partial charge in [-0.3, -0.25) is 9.59 Å². The molecule has 0 saturated carbocycles. The van der Waals surface area contributed by atoms with E-state index in [0.29, 0.717) is 12.1 Å². The SMILES string of the molecule is CC(=O)Oc1c(-c2ccc(C(F)(F)F)cc2S(C)(=O)=O)cnn(C)c1=O. The Morgan fingerprint density at radius 2 is 1.85 bits per heavy atom. The molecule has 0 unspecified atom stereocenters. The maximum Gasteiger partial charge on any atom is 0.416 e. The van der Waals surface area contributed by atoms with Gasteiger partial charge in [-0.1, -0.05) is 6.07 Å². The summed E-state index contributed by atoms with van der Waals surface area (Å²) in [5, 5.41) is 3.71. The number of esters is 1. The third-order valence-electron chi connectivity index (χ3n) is 3.34. The molecule has 2 aromatic rings. The highest BCUT2D eigenvalue weighted by molar-refractivity contribution is 7.90. The predicted molar refractivity (Wildman–Crippen MR) is 84.3 cm³/mol. The highest BCUT2D eigenvalue weighted by atomic mass is 32.2. The third-order valence-corrected chi connectivity index (χ3v) is 4.47. The summed E-state index contributed by atoms with van der Waals surface area (Å²) in [7, 11) is -2.84. The fourth-order valence-corrected chi connectivity index (χ4v) is 3.10. The average Bonchev–Trinajstić information content (AvgIpc) is 2.49. The van der Waals surface area contributed by atoms with Crippen LogP contribution in [0.2, 0.25) is 0 Å². The molecule has 0 radical (unpaired) electrons. The maximum absolute atomic E-state index is 12.9. The van der Waals surface area contributed by atoms with E-state index < -0.39 is 43.8 Å². The second-order valence-electron chi connectivity index (χ2n) is 5.39. The van der Waals surface area contributed by atoms with Crippen LogP contribution >= 0.6 is 0 Å². The molecular weight excluding hydrogens is 377 g/mol. The minimum atomic E-state index is -4.76. The van der Waals surface area contributed by atoms with Crippen LogP contribution in [0.3, 0.4) is 0 Å². The number of sulfone groups is 1. The summed E-state index contributed by atoms with van der Waals surface area (Å²) in [5.41, 5.74) is -2.47. The van der Waals surface area contributed by atoms with Gasteiger partial charge in [0.25, 0.3) is 0 Å². The Hall–Kier alpha value is -2.69. The summed E-state index contributed by atoms with van der Waals surface area (Å²) in [6, 6.07) is 2.02. The van der Waals surface area contributed by atoms with Gasteiger partial charge in [0, 0.05) is 25.8 Å². The molecule has 0 aliphatic carbocycles. The molecule has 0 aliphatic heterocycles. The molecule has 2 rings (SSSR count). The Kier molecular flexibility index (Phi) is 4.95. The minimum absolute atomic E-state index is 0.211. The van der Waals surface area contributed by atoms with E-state index in [2.05, 4.69) is 5.10 Å². The summed E-state index contributed by atoms with van der Waals surface area (Å²) in [6.07, 6.45) is -3.00. The second-order valence-corrected chi connectivity index (χ2v) is 7.37. The van der Waals surface area contributed by atoms with Gasteiger partial charge in [-0.15, -0.1) is 0 Å². The van der Waals surface area contributed by atoms with Crippen LogP contribution in [0.4, 0.5) is 13.2 Å². The summed E-state index contributed by atoms with van der Waals surface area (Å²) >= 11 is 0. The number of rotatable bonds is 3. The van der Waals surface area contributed by atoms with Crippen molar-refractivity contribution in [2.45, 2.75) is 18.0 Å². The van der Waals surface area contributed by atoms with E-state index in [4.69, 9.17) is 4.74 Å². The van der Waals surface area contributed by atoms with E-state index in [0.717, 1.165) is 30.1 Å². The van der Waals surface area contributed by atoms with Crippen LogP contribution in [-0.2, 0) is 27.9 Å². The summed E-state index contributed by atoms with van der Waals surface area (Å²) in [6.45, 7) is 1.02. The van der Waals surface area contributed by atoms with Crippen molar-refractivity contribution in [1.29, 1.82) is 0 Å². The highest BCUT2D eigenvalue weighted by Gasteiger charge is 2.33. The lowest BCUT2D eigenvalue weighted by molar-refractivity contribution is -0.137. The normalized spacial score (nSPS) is 12.1. The molecule has 11 heteroatoms. The predicted octanol–water partition coefficient (Wildman–Crippen LogP) is 1.79. The number of hydrogen-bond acceptors (Lipinski definition) is 6. The third kappa shape index (κ3) is 3.93. The average molecular weight is 390 g/mol. The molecule has 0 amide bonds. The van der Waals surface area contributed by atoms with Gasteiger partial charge in [0.2, 0.25) is 5.75 Å². The van der Waals surface area contributed by atoms with E-state index in [9.17, 15) is 31.2 Å². The number of carbonyl (C=O) groups is 1. The number of ether oxygens (including phenoxy) is 1. The number of aryl methyl sites for hydroxylation is 1. The number of nitrogens with zero attached hydrogens (tertiary/aromatic N) is 2. The molecular formula is C15H13F3N2O5S.